The lowest BCUT2D eigenvalue weighted by Gasteiger charge is -2.10. The second-order valence-electron chi connectivity index (χ2n) is 4.40. The monoisotopic (exact) mass is 477 g/mol. The molecule has 98 valence electrons. The fraction of sp³-hybridized carbons (Fsp3) is 0.133. The van der Waals surface area contributed by atoms with Crippen LogP contribution < -0.4 is 5.32 Å². The van der Waals surface area contributed by atoms with E-state index in [0.717, 1.165) is 24.0 Å². The molecule has 0 aliphatic heterocycles. The molecule has 0 saturated heterocycles. The van der Waals surface area contributed by atoms with Crippen LogP contribution in [0.25, 0.3) is 0 Å². The predicted molar refractivity (Wildman–Crippen MR) is 95.7 cm³/mol. The normalized spacial score (nSPS) is 10.3. The van der Waals surface area contributed by atoms with Gasteiger partial charge < -0.3 is 5.32 Å². The van der Waals surface area contributed by atoms with E-state index in [2.05, 4.69) is 56.6 Å². The minimum absolute atomic E-state index is 0.0614. The highest BCUT2D eigenvalue weighted by atomic mass is 127. The van der Waals surface area contributed by atoms with Gasteiger partial charge in [0.2, 0.25) is 0 Å². The number of benzene rings is 2. The third-order valence-corrected chi connectivity index (χ3v) is 4.37. The van der Waals surface area contributed by atoms with Gasteiger partial charge in [-0.05, 0) is 94.9 Å². The first-order chi connectivity index (χ1) is 8.97. The van der Waals surface area contributed by atoms with Crippen molar-refractivity contribution in [2.24, 2.45) is 0 Å². The smallest absolute Gasteiger partial charge is 0.256 e. The van der Waals surface area contributed by atoms with Crippen molar-refractivity contribution < 1.29 is 4.79 Å². The summed E-state index contributed by atoms with van der Waals surface area (Å²) in [5.74, 6) is -0.0614. The molecule has 2 aromatic carbocycles. The molecule has 0 radical (unpaired) electrons. The number of rotatable bonds is 2. The maximum Gasteiger partial charge on any atom is 0.256 e. The van der Waals surface area contributed by atoms with E-state index in [4.69, 9.17) is 0 Å². The highest BCUT2D eigenvalue weighted by Gasteiger charge is 2.11. The zero-order chi connectivity index (χ0) is 14.0. The van der Waals surface area contributed by atoms with Gasteiger partial charge >= 0.3 is 0 Å². The Bertz CT molecular complexity index is 638. The Morgan fingerprint density at radius 3 is 2.42 bits per heavy atom. The quantitative estimate of drug-likeness (QED) is 0.622. The highest BCUT2D eigenvalue weighted by molar-refractivity contribution is 14.1. The van der Waals surface area contributed by atoms with Gasteiger partial charge in [0.15, 0.2) is 0 Å². The van der Waals surface area contributed by atoms with E-state index in [1.165, 1.54) is 0 Å². The third kappa shape index (κ3) is 3.68. The van der Waals surface area contributed by atoms with Crippen LogP contribution >= 0.6 is 45.2 Å². The van der Waals surface area contributed by atoms with Crippen molar-refractivity contribution in [3.8, 4) is 0 Å². The summed E-state index contributed by atoms with van der Waals surface area (Å²) >= 11 is 4.46. The van der Waals surface area contributed by atoms with E-state index in [1.54, 1.807) is 0 Å². The summed E-state index contributed by atoms with van der Waals surface area (Å²) in [6.07, 6.45) is 0. The van der Waals surface area contributed by atoms with Crippen molar-refractivity contribution in [2.45, 2.75) is 13.8 Å². The highest BCUT2D eigenvalue weighted by Crippen LogP contribution is 2.20. The van der Waals surface area contributed by atoms with Gasteiger partial charge in [-0.25, -0.2) is 0 Å². The largest absolute Gasteiger partial charge is 0.322 e. The molecule has 0 saturated carbocycles. The van der Waals surface area contributed by atoms with Crippen LogP contribution in [-0.2, 0) is 0 Å². The van der Waals surface area contributed by atoms with Gasteiger partial charge in [0.05, 0.1) is 5.56 Å². The van der Waals surface area contributed by atoms with Crippen LogP contribution in [0.4, 0.5) is 5.69 Å². The number of carbonyl (C=O) groups is 1. The summed E-state index contributed by atoms with van der Waals surface area (Å²) < 4.78 is 2.14. The second kappa shape index (κ2) is 6.21. The molecule has 0 unspecified atom stereocenters. The van der Waals surface area contributed by atoms with Crippen LogP contribution in [-0.4, -0.2) is 5.91 Å². The lowest BCUT2D eigenvalue weighted by Crippen LogP contribution is -2.14. The molecule has 2 nitrogen and oxygen atoms in total. The zero-order valence-electron chi connectivity index (χ0n) is 10.6. The third-order valence-electron chi connectivity index (χ3n) is 2.81. The summed E-state index contributed by atoms with van der Waals surface area (Å²) in [7, 11) is 0. The first-order valence-electron chi connectivity index (χ1n) is 5.81. The van der Waals surface area contributed by atoms with Gasteiger partial charge in [0.1, 0.15) is 0 Å². The minimum Gasteiger partial charge on any atom is -0.322 e. The van der Waals surface area contributed by atoms with Gasteiger partial charge in [-0.15, -0.1) is 0 Å². The van der Waals surface area contributed by atoms with Gasteiger partial charge in [-0.2, -0.15) is 0 Å². The number of anilines is 1. The second-order valence-corrected chi connectivity index (χ2v) is 6.80. The molecule has 0 aliphatic rings. The lowest BCUT2D eigenvalue weighted by atomic mass is 10.1. The first kappa shape index (κ1) is 14.8. The SMILES string of the molecule is Cc1ccc(C(=O)Nc2ccc(I)cc2C)c(I)c1. The Balaban J connectivity index is 2.25. The molecule has 1 amide bonds. The number of aryl methyl sites for hydroxylation is 2. The van der Waals surface area contributed by atoms with E-state index in [-0.39, 0.29) is 5.91 Å². The zero-order valence-corrected chi connectivity index (χ0v) is 14.9. The molecule has 0 atom stereocenters. The van der Waals surface area contributed by atoms with Crippen molar-refractivity contribution in [2.75, 3.05) is 5.32 Å². The first-order valence-corrected chi connectivity index (χ1v) is 7.97. The van der Waals surface area contributed by atoms with Crippen LogP contribution in [0, 0.1) is 21.0 Å². The van der Waals surface area contributed by atoms with E-state index in [9.17, 15) is 4.79 Å². The van der Waals surface area contributed by atoms with Crippen molar-refractivity contribution in [1.82, 2.24) is 0 Å². The van der Waals surface area contributed by atoms with Crippen molar-refractivity contribution >= 4 is 56.8 Å². The predicted octanol–water partition coefficient (Wildman–Crippen LogP) is 4.76. The molecule has 0 heterocycles. The Hall–Kier alpha value is -0.630. The lowest BCUT2D eigenvalue weighted by molar-refractivity contribution is 0.102. The Morgan fingerprint density at radius 2 is 1.79 bits per heavy atom. The summed E-state index contributed by atoms with van der Waals surface area (Å²) in [5.41, 5.74) is 3.81. The van der Waals surface area contributed by atoms with E-state index < -0.39 is 0 Å². The fourth-order valence-corrected chi connectivity index (χ4v) is 3.32. The standard InChI is InChI=1S/C15H13I2NO/c1-9-3-5-12(13(17)7-9)15(19)18-14-6-4-11(16)8-10(14)2/h3-8H,1-2H3,(H,18,19). The number of hydrogen-bond acceptors (Lipinski definition) is 1. The average Bonchev–Trinajstić information content (AvgIpc) is 2.32. The molecule has 2 rings (SSSR count). The van der Waals surface area contributed by atoms with Gasteiger partial charge in [-0.1, -0.05) is 11.6 Å². The van der Waals surface area contributed by atoms with Crippen LogP contribution in [0.1, 0.15) is 21.5 Å². The van der Waals surface area contributed by atoms with Crippen molar-refractivity contribution in [3.63, 3.8) is 0 Å². The Labute approximate surface area is 140 Å². The topological polar surface area (TPSA) is 29.1 Å². The molecule has 1 N–H and O–H groups in total. The molecular weight excluding hydrogens is 464 g/mol. The van der Waals surface area contributed by atoms with Crippen LogP contribution in [0.3, 0.4) is 0 Å². The molecule has 0 bridgehead atoms. The maximum atomic E-state index is 12.3. The number of hydrogen-bond donors (Lipinski definition) is 1. The van der Waals surface area contributed by atoms with Crippen LogP contribution in [0.2, 0.25) is 0 Å². The molecule has 0 spiro atoms. The summed E-state index contributed by atoms with van der Waals surface area (Å²) in [6.45, 7) is 4.02. The molecule has 2 aromatic rings. The molecule has 0 fully saturated rings. The molecule has 0 aliphatic carbocycles. The molecular formula is C15H13I2NO. The summed E-state index contributed by atoms with van der Waals surface area (Å²) in [5, 5.41) is 2.97. The Morgan fingerprint density at radius 1 is 1.05 bits per heavy atom. The maximum absolute atomic E-state index is 12.3. The van der Waals surface area contributed by atoms with Gasteiger partial charge in [-0.3, -0.25) is 4.79 Å². The fourth-order valence-electron chi connectivity index (χ4n) is 1.76. The van der Waals surface area contributed by atoms with Crippen molar-refractivity contribution in [1.29, 1.82) is 0 Å². The number of nitrogens with one attached hydrogen (secondary N) is 1. The average molecular weight is 477 g/mol. The minimum atomic E-state index is -0.0614. The van der Waals surface area contributed by atoms with E-state index >= 15 is 0 Å². The van der Waals surface area contributed by atoms with E-state index in [1.807, 2.05) is 44.2 Å². The number of carbonyl (C=O) groups excluding carboxylic acids is 1. The van der Waals surface area contributed by atoms with Crippen LogP contribution in [0.15, 0.2) is 36.4 Å². The summed E-state index contributed by atoms with van der Waals surface area (Å²) in [6, 6.07) is 11.8. The Kier molecular flexibility index (Phi) is 4.83. The molecule has 19 heavy (non-hydrogen) atoms. The molecule has 0 aromatic heterocycles. The van der Waals surface area contributed by atoms with E-state index in [0.29, 0.717) is 5.56 Å². The molecule has 4 heteroatoms. The van der Waals surface area contributed by atoms with Gasteiger partial charge in [0, 0.05) is 12.8 Å². The van der Waals surface area contributed by atoms with Crippen molar-refractivity contribution in [3.05, 3.63) is 60.2 Å². The summed E-state index contributed by atoms with van der Waals surface area (Å²) in [4.78, 5) is 12.3. The number of amides is 1. The van der Waals surface area contributed by atoms with Gasteiger partial charge in [0.25, 0.3) is 5.91 Å². The van der Waals surface area contributed by atoms with Crippen LogP contribution in [0.5, 0.6) is 0 Å². The number of halogens is 2.